The Morgan fingerprint density at radius 3 is 2.59 bits per heavy atom. The van der Waals surface area contributed by atoms with Crippen molar-refractivity contribution in [3.05, 3.63) is 81.6 Å². The lowest BCUT2D eigenvalue weighted by atomic mass is 9.83. The molecule has 0 radical (unpaired) electrons. The van der Waals surface area contributed by atoms with E-state index in [1.807, 2.05) is 24.3 Å². The maximum Gasteiger partial charge on any atom is 0.253 e. The third kappa shape index (κ3) is 4.67. The first-order valence-electron chi connectivity index (χ1n) is 12.7. The average Bonchev–Trinajstić information content (AvgIpc) is 3.33. The Balaban J connectivity index is 1.55. The van der Waals surface area contributed by atoms with E-state index in [0.717, 1.165) is 68.1 Å². The highest BCUT2D eigenvalue weighted by atomic mass is 16.2. The third-order valence-corrected chi connectivity index (χ3v) is 7.80. The van der Waals surface area contributed by atoms with Gasteiger partial charge in [0.15, 0.2) is 0 Å². The number of hydrogen-bond acceptors (Lipinski definition) is 3. The van der Waals surface area contributed by atoms with Crippen molar-refractivity contribution in [3.63, 3.8) is 0 Å². The first-order valence-corrected chi connectivity index (χ1v) is 12.7. The molecule has 1 aromatic heterocycles. The molecule has 3 aromatic rings. The maximum absolute atomic E-state index is 14.1. The summed E-state index contributed by atoms with van der Waals surface area (Å²) < 4.78 is 0. The molecule has 5 heteroatoms. The first-order chi connectivity index (χ1) is 16.5. The van der Waals surface area contributed by atoms with Gasteiger partial charge in [-0.15, -0.1) is 0 Å². The molecule has 0 spiro atoms. The number of aryl methyl sites for hydroxylation is 1. The number of rotatable bonds is 6. The first kappa shape index (κ1) is 22.9. The Morgan fingerprint density at radius 2 is 1.85 bits per heavy atom. The highest BCUT2D eigenvalue weighted by Gasteiger charge is 2.44. The lowest BCUT2D eigenvalue weighted by molar-refractivity contribution is -0.143. The van der Waals surface area contributed by atoms with E-state index < -0.39 is 0 Å². The van der Waals surface area contributed by atoms with Gasteiger partial charge in [0, 0.05) is 23.5 Å². The van der Waals surface area contributed by atoms with E-state index in [4.69, 9.17) is 0 Å². The maximum atomic E-state index is 14.1. The zero-order valence-electron chi connectivity index (χ0n) is 20.1. The number of nitrogens with one attached hydrogen (secondary N) is 2. The zero-order valence-corrected chi connectivity index (χ0v) is 20.1. The Kier molecular flexibility index (Phi) is 6.55. The van der Waals surface area contributed by atoms with Crippen LogP contribution in [0.4, 0.5) is 0 Å². The summed E-state index contributed by atoms with van der Waals surface area (Å²) in [5.41, 5.74) is 3.47. The molecule has 2 aliphatic rings. The van der Waals surface area contributed by atoms with Crippen LogP contribution in [-0.2, 0) is 17.8 Å². The fourth-order valence-electron chi connectivity index (χ4n) is 5.89. The summed E-state index contributed by atoms with van der Waals surface area (Å²) in [6.07, 6.45) is 7.04. The van der Waals surface area contributed by atoms with Gasteiger partial charge in [0.25, 0.3) is 5.56 Å². The summed E-state index contributed by atoms with van der Waals surface area (Å²) >= 11 is 0. The van der Waals surface area contributed by atoms with Crippen LogP contribution in [0.3, 0.4) is 0 Å². The molecule has 1 saturated carbocycles. The van der Waals surface area contributed by atoms with Crippen LogP contribution in [0, 0.1) is 12.8 Å². The van der Waals surface area contributed by atoms with Crippen molar-refractivity contribution in [1.82, 2.24) is 15.2 Å². The lowest BCUT2D eigenvalue weighted by Crippen LogP contribution is -2.56. The Labute approximate surface area is 201 Å². The zero-order chi connectivity index (χ0) is 23.5. The van der Waals surface area contributed by atoms with Crippen molar-refractivity contribution in [2.75, 3.05) is 13.1 Å². The second-order valence-electron chi connectivity index (χ2n) is 10.3. The molecule has 5 nitrogen and oxygen atoms in total. The number of H-pyrrole nitrogens is 1. The normalized spacial score (nSPS) is 21.1. The van der Waals surface area contributed by atoms with Crippen LogP contribution in [0.25, 0.3) is 10.9 Å². The molecule has 1 atom stereocenters. The smallest absolute Gasteiger partial charge is 0.253 e. The van der Waals surface area contributed by atoms with Gasteiger partial charge in [-0.2, -0.15) is 0 Å². The van der Waals surface area contributed by atoms with Gasteiger partial charge in [0.2, 0.25) is 5.91 Å². The molecule has 34 heavy (non-hydrogen) atoms. The monoisotopic (exact) mass is 457 g/mol. The highest BCUT2D eigenvalue weighted by molar-refractivity contribution is 5.81. The lowest BCUT2D eigenvalue weighted by Gasteiger charge is -2.43. The Hall–Kier alpha value is -2.92. The summed E-state index contributed by atoms with van der Waals surface area (Å²) in [6.45, 7) is 4.05. The van der Waals surface area contributed by atoms with Crippen molar-refractivity contribution in [2.45, 2.75) is 64.0 Å². The third-order valence-electron chi connectivity index (χ3n) is 7.80. The SMILES string of the molecule is Cc1ccc2[nH]c(=O)c(CN(C(=O)C3CCCCC3)[C@@]3(Cc4ccccc4)CCNC3)cc2c1. The molecule has 1 aliphatic carbocycles. The van der Waals surface area contributed by atoms with Crippen LogP contribution in [0.5, 0.6) is 0 Å². The average molecular weight is 458 g/mol. The van der Waals surface area contributed by atoms with E-state index >= 15 is 0 Å². The molecule has 178 valence electrons. The number of benzene rings is 2. The molecule has 2 fully saturated rings. The number of carbonyl (C=O) groups excluding carboxylic acids is 1. The topological polar surface area (TPSA) is 65.2 Å². The van der Waals surface area contributed by atoms with Crippen molar-refractivity contribution in [2.24, 2.45) is 5.92 Å². The van der Waals surface area contributed by atoms with Gasteiger partial charge in [-0.05, 0) is 68.3 Å². The molecular formula is C29H35N3O2. The summed E-state index contributed by atoms with van der Waals surface area (Å²) in [5.74, 6) is 0.284. The summed E-state index contributed by atoms with van der Waals surface area (Å²) in [4.78, 5) is 32.4. The van der Waals surface area contributed by atoms with Gasteiger partial charge >= 0.3 is 0 Å². The molecule has 2 N–H and O–H groups in total. The number of carbonyl (C=O) groups is 1. The predicted octanol–water partition coefficient (Wildman–Crippen LogP) is 4.72. The van der Waals surface area contributed by atoms with Crippen molar-refractivity contribution in [3.8, 4) is 0 Å². The fourth-order valence-corrected chi connectivity index (χ4v) is 5.89. The summed E-state index contributed by atoms with van der Waals surface area (Å²) in [6, 6.07) is 18.5. The number of aromatic nitrogens is 1. The minimum atomic E-state index is -0.329. The van der Waals surface area contributed by atoms with Gasteiger partial charge in [-0.3, -0.25) is 9.59 Å². The molecule has 5 rings (SSSR count). The van der Waals surface area contributed by atoms with Gasteiger partial charge in [-0.1, -0.05) is 61.2 Å². The number of fused-ring (bicyclic) bond motifs is 1. The molecule has 1 aliphatic heterocycles. The largest absolute Gasteiger partial charge is 0.331 e. The second kappa shape index (κ2) is 9.75. The Bertz CT molecular complexity index is 1210. The molecular weight excluding hydrogens is 422 g/mol. The van der Waals surface area contributed by atoms with Gasteiger partial charge in [0.1, 0.15) is 0 Å². The van der Waals surface area contributed by atoms with Crippen LogP contribution in [0.15, 0.2) is 59.4 Å². The number of hydrogen-bond donors (Lipinski definition) is 2. The van der Waals surface area contributed by atoms with Crippen LogP contribution in [0.2, 0.25) is 0 Å². The van der Waals surface area contributed by atoms with Crippen LogP contribution < -0.4 is 10.9 Å². The van der Waals surface area contributed by atoms with E-state index in [1.54, 1.807) is 0 Å². The number of nitrogens with zero attached hydrogens (tertiary/aromatic N) is 1. The Morgan fingerprint density at radius 1 is 1.06 bits per heavy atom. The predicted molar refractivity (Wildman–Crippen MR) is 137 cm³/mol. The molecule has 0 unspecified atom stereocenters. The van der Waals surface area contributed by atoms with Crippen molar-refractivity contribution >= 4 is 16.8 Å². The fraction of sp³-hybridized carbons (Fsp3) is 0.448. The number of aromatic amines is 1. The molecule has 0 bridgehead atoms. The summed E-state index contributed by atoms with van der Waals surface area (Å²) in [5, 5.41) is 4.54. The molecule has 2 heterocycles. The van der Waals surface area contributed by atoms with E-state index in [2.05, 4.69) is 52.5 Å². The van der Waals surface area contributed by atoms with E-state index in [9.17, 15) is 9.59 Å². The van der Waals surface area contributed by atoms with Crippen LogP contribution >= 0.6 is 0 Å². The van der Waals surface area contributed by atoms with Gasteiger partial charge in [0.05, 0.1) is 12.1 Å². The second-order valence-corrected chi connectivity index (χ2v) is 10.3. The minimum Gasteiger partial charge on any atom is -0.331 e. The standard InChI is InChI=1S/C29H35N3O2/c1-21-12-13-26-24(16-21)17-25(27(33)31-26)19-32(28(34)23-10-6-3-7-11-23)29(14-15-30-20-29)18-22-8-4-2-5-9-22/h2,4-5,8-9,12-13,16-17,23,30H,3,6-7,10-11,14-15,18-20H2,1H3,(H,31,33)/t29-/m1/s1. The number of pyridine rings is 1. The number of amides is 1. The van der Waals surface area contributed by atoms with E-state index in [1.165, 1.54) is 12.0 Å². The summed E-state index contributed by atoms with van der Waals surface area (Å²) in [7, 11) is 0. The van der Waals surface area contributed by atoms with E-state index in [-0.39, 0.29) is 22.9 Å². The minimum absolute atomic E-state index is 0.0591. The van der Waals surface area contributed by atoms with E-state index in [0.29, 0.717) is 12.1 Å². The molecule has 2 aromatic carbocycles. The highest BCUT2D eigenvalue weighted by Crippen LogP contribution is 2.34. The molecule has 1 saturated heterocycles. The van der Waals surface area contributed by atoms with Gasteiger partial charge in [-0.25, -0.2) is 0 Å². The van der Waals surface area contributed by atoms with Crippen molar-refractivity contribution in [1.29, 1.82) is 0 Å². The van der Waals surface area contributed by atoms with Crippen LogP contribution in [-0.4, -0.2) is 34.4 Å². The molecule has 1 amide bonds. The van der Waals surface area contributed by atoms with Gasteiger partial charge < -0.3 is 15.2 Å². The van der Waals surface area contributed by atoms with Crippen molar-refractivity contribution < 1.29 is 4.79 Å². The van der Waals surface area contributed by atoms with Crippen LogP contribution in [0.1, 0.15) is 55.2 Å². The quantitative estimate of drug-likeness (QED) is 0.563.